The molecule has 0 fully saturated rings. The van der Waals surface area contributed by atoms with Gasteiger partial charge in [0.2, 0.25) is 0 Å². The molecule has 1 aromatic rings. The van der Waals surface area contributed by atoms with Crippen molar-refractivity contribution in [2.24, 2.45) is 0 Å². The summed E-state index contributed by atoms with van der Waals surface area (Å²) in [6.07, 6.45) is -0.464. The average molecular weight is 298 g/mol. The lowest BCUT2D eigenvalue weighted by molar-refractivity contribution is -0.156. The molecule has 7 nitrogen and oxygen atoms in total. The van der Waals surface area contributed by atoms with Crippen molar-refractivity contribution < 1.29 is 34.8 Å². The van der Waals surface area contributed by atoms with Crippen LogP contribution in [0.3, 0.4) is 0 Å². The predicted molar refractivity (Wildman–Crippen MR) is 72.9 cm³/mol. The van der Waals surface area contributed by atoms with Gasteiger partial charge < -0.3 is 20.4 Å². The van der Waals surface area contributed by atoms with Crippen molar-refractivity contribution >= 4 is 17.9 Å². The fourth-order valence-corrected chi connectivity index (χ4v) is 1.28. The number of carboxylic acid groups (broad SMARTS) is 3. The van der Waals surface area contributed by atoms with Crippen molar-refractivity contribution in [1.82, 2.24) is 0 Å². The summed E-state index contributed by atoms with van der Waals surface area (Å²) in [4.78, 5) is 29.9. The van der Waals surface area contributed by atoms with Crippen LogP contribution in [0.4, 0.5) is 0 Å². The first-order chi connectivity index (χ1) is 9.65. The molecule has 0 heterocycles. The maximum atomic E-state index is 10.6. The van der Waals surface area contributed by atoms with Gasteiger partial charge in [-0.15, -0.1) is 0 Å². The number of aliphatic carboxylic acids is 3. The monoisotopic (exact) mass is 298 g/mol. The number of hydrogen-bond donors (Lipinski definition) is 4. The molecule has 4 N–H and O–H groups in total. The van der Waals surface area contributed by atoms with Crippen LogP contribution in [-0.4, -0.2) is 43.9 Å². The summed E-state index contributed by atoms with van der Waals surface area (Å²) in [7, 11) is 0. The summed E-state index contributed by atoms with van der Waals surface area (Å²) in [6.45, 7) is 1.29. The normalized spacial score (nSPS) is 12.5. The number of carboxylic acids is 3. The molecule has 1 atom stereocenters. The maximum absolute atomic E-state index is 10.6. The quantitative estimate of drug-likeness (QED) is 0.615. The Kier molecular flexibility index (Phi) is 7.70. The lowest BCUT2D eigenvalue weighted by atomic mass is 9.97. The molecule has 1 unspecified atom stereocenters. The van der Waals surface area contributed by atoms with Crippen molar-refractivity contribution in [2.45, 2.75) is 31.8 Å². The van der Waals surface area contributed by atoms with E-state index in [-0.39, 0.29) is 19.3 Å². The zero-order valence-corrected chi connectivity index (χ0v) is 11.5. The lowest BCUT2D eigenvalue weighted by Crippen LogP contribution is -2.37. The van der Waals surface area contributed by atoms with Crippen molar-refractivity contribution in [2.75, 3.05) is 0 Å². The van der Waals surface area contributed by atoms with Gasteiger partial charge in [0.25, 0.3) is 0 Å². The Morgan fingerprint density at radius 1 is 0.952 bits per heavy atom. The second-order valence-electron chi connectivity index (χ2n) is 4.53. The van der Waals surface area contributed by atoms with Gasteiger partial charge in [-0.05, 0) is 12.5 Å². The number of benzene rings is 1. The zero-order valence-electron chi connectivity index (χ0n) is 11.5. The molecule has 0 aliphatic heterocycles. The Labute approximate surface area is 121 Å². The van der Waals surface area contributed by atoms with E-state index >= 15 is 0 Å². The second kappa shape index (κ2) is 8.70. The molecule has 0 aliphatic carbocycles. The molecule has 21 heavy (non-hydrogen) atoms. The van der Waals surface area contributed by atoms with E-state index in [1.54, 1.807) is 12.1 Å². The zero-order chi connectivity index (χ0) is 16.5. The third-order valence-electron chi connectivity index (χ3n) is 2.40. The van der Waals surface area contributed by atoms with E-state index in [9.17, 15) is 19.5 Å². The fourth-order valence-electron chi connectivity index (χ4n) is 1.28. The standard InChI is InChI=1S/C10H12O3.C4H6O4/c1-10(13,9(11)12)7-8-5-3-2-4-6-8;5-3(6)1-2-4(7)8/h2-6,13H,7H2,1H3,(H,11,12);1-2H2,(H,5,6)(H,7,8). The second-order valence-corrected chi connectivity index (χ2v) is 4.53. The highest BCUT2D eigenvalue weighted by molar-refractivity contribution is 5.77. The summed E-state index contributed by atoms with van der Waals surface area (Å²) in [5.74, 6) is -3.35. The molecule has 0 aromatic heterocycles. The van der Waals surface area contributed by atoms with E-state index < -0.39 is 23.5 Å². The minimum absolute atomic E-state index is 0.128. The minimum atomic E-state index is -1.68. The van der Waals surface area contributed by atoms with Crippen LogP contribution in [0.25, 0.3) is 0 Å². The fraction of sp³-hybridized carbons (Fsp3) is 0.357. The third-order valence-corrected chi connectivity index (χ3v) is 2.40. The molecule has 0 saturated carbocycles. The number of rotatable bonds is 6. The van der Waals surface area contributed by atoms with Gasteiger partial charge in [0.1, 0.15) is 0 Å². The van der Waals surface area contributed by atoms with Crippen LogP contribution in [0.5, 0.6) is 0 Å². The van der Waals surface area contributed by atoms with Crippen LogP contribution in [-0.2, 0) is 20.8 Å². The van der Waals surface area contributed by atoms with Gasteiger partial charge in [0.15, 0.2) is 5.60 Å². The van der Waals surface area contributed by atoms with Crippen molar-refractivity contribution in [1.29, 1.82) is 0 Å². The first-order valence-corrected chi connectivity index (χ1v) is 6.08. The summed E-state index contributed by atoms with van der Waals surface area (Å²) < 4.78 is 0. The molecule has 0 amide bonds. The van der Waals surface area contributed by atoms with E-state index in [0.717, 1.165) is 5.56 Å². The van der Waals surface area contributed by atoms with Crippen molar-refractivity contribution in [3.8, 4) is 0 Å². The largest absolute Gasteiger partial charge is 0.481 e. The van der Waals surface area contributed by atoms with Gasteiger partial charge in [-0.1, -0.05) is 30.3 Å². The maximum Gasteiger partial charge on any atom is 0.335 e. The molecule has 7 heteroatoms. The van der Waals surface area contributed by atoms with E-state index in [1.165, 1.54) is 6.92 Å². The summed E-state index contributed by atoms with van der Waals surface area (Å²) in [5, 5.41) is 33.9. The number of hydrogen-bond acceptors (Lipinski definition) is 4. The van der Waals surface area contributed by atoms with Crippen molar-refractivity contribution in [3.05, 3.63) is 35.9 Å². The molecule has 0 radical (unpaired) electrons. The van der Waals surface area contributed by atoms with Crippen molar-refractivity contribution in [3.63, 3.8) is 0 Å². The third kappa shape index (κ3) is 9.17. The minimum Gasteiger partial charge on any atom is -0.481 e. The van der Waals surface area contributed by atoms with Gasteiger partial charge >= 0.3 is 17.9 Å². The van der Waals surface area contributed by atoms with Crippen LogP contribution in [0.15, 0.2) is 30.3 Å². The van der Waals surface area contributed by atoms with Gasteiger partial charge in [0, 0.05) is 6.42 Å². The topological polar surface area (TPSA) is 132 Å². The van der Waals surface area contributed by atoms with E-state index in [4.69, 9.17) is 15.3 Å². The highest BCUT2D eigenvalue weighted by atomic mass is 16.4. The molecule has 1 rings (SSSR count). The summed E-state index contributed by atoms with van der Waals surface area (Å²) >= 11 is 0. The molecule has 0 bridgehead atoms. The Morgan fingerprint density at radius 2 is 1.38 bits per heavy atom. The van der Waals surface area contributed by atoms with E-state index in [1.807, 2.05) is 18.2 Å². The van der Waals surface area contributed by atoms with Crippen LogP contribution in [0.2, 0.25) is 0 Å². The Bertz CT molecular complexity index is 465. The first kappa shape index (κ1) is 18.6. The Balaban J connectivity index is 0.000000433. The van der Waals surface area contributed by atoms with E-state index in [0.29, 0.717) is 0 Å². The lowest BCUT2D eigenvalue weighted by Gasteiger charge is -2.17. The molecular weight excluding hydrogens is 280 g/mol. The van der Waals surface area contributed by atoms with Gasteiger partial charge in [-0.2, -0.15) is 0 Å². The Morgan fingerprint density at radius 3 is 1.71 bits per heavy atom. The molecule has 0 spiro atoms. The summed E-state index contributed by atoms with van der Waals surface area (Å²) in [6, 6.07) is 9.05. The van der Waals surface area contributed by atoms with Gasteiger partial charge in [0.05, 0.1) is 12.8 Å². The van der Waals surface area contributed by atoms with Gasteiger partial charge in [-0.3, -0.25) is 9.59 Å². The van der Waals surface area contributed by atoms with Crippen LogP contribution >= 0.6 is 0 Å². The average Bonchev–Trinajstić information content (AvgIpc) is 2.37. The first-order valence-electron chi connectivity index (χ1n) is 6.08. The Hall–Kier alpha value is -2.41. The smallest absolute Gasteiger partial charge is 0.335 e. The molecule has 0 aliphatic rings. The van der Waals surface area contributed by atoms with Crippen LogP contribution in [0, 0.1) is 0 Å². The number of aliphatic hydroxyl groups is 1. The highest BCUT2D eigenvalue weighted by Crippen LogP contribution is 2.12. The highest BCUT2D eigenvalue weighted by Gasteiger charge is 2.29. The molecule has 0 saturated heterocycles. The van der Waals surface area contributed by atoms with Gasteiger partial charge in [-0.25, -0.2) is 4.79 Å². The molecule has 116 valence electrons. The predicted octanol–water partition coefficient (Wildman–Crippen LogP) is 1.00. The van der Waals surface area contributed by atoms with Crippen LogP contribution in [0.1, 0.15) is 25.3 Å². The van der Waals surface area contributed by atoms with Crippen LogP contribution < -0.4 is 0 Å². The molecule has 1 aromatic carbocycles. The summed E-state index contributed by atoms with van der Waals surface area (Å²) in [5.41, 5.74) is -0.864. The van der Waals surface area contributed by atoms with E-state index in [2.05, 4.69) is 0 Å². The molecular formula is C14H18O7. The number of carbonyl (C=O) groups is 3. The SMILES string of the molecule is CC(O)(Cc1ccccc1)C(=O)O.O=C(O)CCC(=O)O.